The van der Waals surface area contributed by atoms with Crippen LogP contribution in [0.3, 0.4) is 0 Å². The van der Waals surface area contributed by atoms with Crippen LogP contribution in [-0.2, 0) is 0 Å². The summed E-state index contributed by atoms with van der Waals surface area (Å²) in [7, 11) is 0. The second-order valence-electron chi connectivity index (χ2n) is 2.69. The number of thiophene rings is 3. The number of carbonyl (C=O) groups is 1. The molecule has 0 bridgehead atoms. The molecule has 0 aliphatic heterocycles. The van der Waals surface area contributed by atoms with Gasteiger partial charge in [0.2, 0.25) is 0 Å². The minimum atomic E-state index is 0.828. The molecule has 0 aliphatic rings. The minimum Gasteiger partial charge on any atom is -0.297 e. The van der Waals surface area contributed by atoms with Gasteiger partial charge < -0.3 is 0 Å². The predicted octanol–water partition coefficient (Wildman–Crippen LogP) is 3.99. The lowest BCUT2D eigenvalue weighted by Gasteiger charge is -1.74. The molecule has 0 atom stereocenters. The van der Waals surface area contributed by atoms with Crippen molar-refractivity contribution in [2.24, 2.45) is 0 Å². The van der Waals surface area contributed by atoms with E-state index in [4.69, 9.17) is 0 Å². The molecule has 0 aromatic carbocycles. The smallest absolute Gasteiger partial charge is 0.160 e. The first-order valence-electron chi connectivity index (χ1n) is 3.73. The van der Waals surface area contributed by atoms with Crippen molar-refractivity contribution in [1.82, 2.24) is 0 Å². The number of hydrogen-bond acceptors (Lipinski definition) is 4. The summed E-state index contributed by atoms with van der Waals surface area (Å²) in [6.45, 7) is 0. The molecule has 3 rings (SSSR count). The molecular weight excluding hydrogens is 220 g/mol. The van der Waals surface area contributed by atoms with Crippen LogP contribution in [0.5, 0.6) is 0 Å². The van der Waals surface area contributed by atoms with Crippen molar-refractivity contribution in [1.29, 1.82) is 0 Å². The highest BCUT2D eigenvalue weighted by atomic mass is 32.2. The molecular formula is C9H4OS3. The Labute approximate surface area is 86.2 Å². The maximum Gasteiger partial charge on any atom is 0.160 e. The van der Waals surface area contributed by atoms with Gasteiger partial charge in [0.1, 0.15) is 0 Å². The Hall–Kier alpha value is -0.710. The molecule has 13 heavy (non-hydrogen) atoms. The Morgan fingerprint density at radius 2 is 2.08 bits per heavy atom. The summed E-state index contributed by atoms with van der Waals surface area (Å²) < 4.78 is 2.63. The zero-order valence-electron chi connectivity index (χ0n) is 6.44. The van der Waals surface area contributed by atoms with Crippen LogP contribution in [0, 0.1) is 0 Å². The van der Waals surface area contributed by atoms with Crippen LogP contribution in [-0.4, -0.2) is 6.29 Å². The lowest BCUT2D eigenvalue weighted by Crippen LogP contribution is -1.63. The van der Waals surface area contributed by atoms with Gasteiger partial charge in [0.05, 0.1) is 12.9 Å². The lowest BCUT2D eigenvalue weighted by atomic mass is 10.3. The Kier molecular flexibility index (Phi) is 1.56. The molecule has 4 heteroatoms. The largest absolute Gasteiger partial charge is 0.297 e. The molecule has 64 valence electrons. The topological polar surface area (TPSA) is 17.1 Å². The maximum absolute atomic E-state index is 10.6. The summed E-state index contributed by atoms with van der Waals surface area (Å²) in [4.78, 5) is 11.4. The molecule has 0 saturated carbocycles. The molecule has 0 unspecified atom stereocenters. The molecule has 0 radical (unpaired) electrons. The van der Waals surface area contributed by atoms with Gasteiger partial charge >= 0.3 is 0 Å². The Morgan fingerprint density at radius 3 is 2.92 bits per heavy atom. The van der Waals surface area contributed by atoms with E-state index in [-0.39, 0.29) is 0 Å². The van der Waals surface area contributed by atoms with Crippen molar-refractivity contribution in [2.75, 3.05) is 0 Å². The SMILES string of the molecule is O=Cc1cc2c(s1)sc1sccc12. The van der Waals surface area contributed by atoms with Gasteiger partial charge in [0.25, 0.3) is 0 Å². The molecule has 0 spiro atoms. The summed E-state index contributed by atoms with van der Waals surface area (Å²) >= 11 is 5.14. The number of aldehydes is 1. The van der Waals surface area contributed by atoms with Crippen LogP contribution in [0.4, 0.5) is 0 Å². The van der Waals surface area contributed by atoms with Crippen LogP contribution < -0.4 is 0 Å². The average Bonchev–Trinajstić information content (AvgIpc) is 2.72. The third-order valence-corrected chi connectivity index (χ3v) is 5.35. The van der Waals surface area contributed by atoms with Crippen molar-refractivity contribution >= 4 is 59.1 Å². The molecule has 0 saturated heterocycles. The van der Waals surface area contributed by atoms with Gasteiger partial charge in [-0.2, -0.15) is 0 Å². The summed E-state index contributed by atoms with van der Waals surface area (Å²) in [5.41, 5.74) is 0. The third-order valence-electron chi connectivity index (χ3n) is 1.94. The third kappa shape index (κ3) is 0.995. The second kappa shape index (κ2) is 2.64. The van der Waals surface area contributed by atoms with Crippen molar-refractivity contribution in [3.63, 3.8) is 0 Å². The van der Waals surface area contributed by atoms with Crippen LogP contribution >= 0.6 is 34.0 Å². The Morgan fingerprint density at radius 1 is 1.15 bits per heavy atom. The zero-order valence-corrected chi connectivity index (χ0v) is 8.89. The molecule has 0 aliphatic carbocycles. The molecule has 3 aromatic heterocycles. The van der Waals surface area contributed by atoms with E-state index in [0.29, 0.717) is 0 Å². The van der Waals surface area contributed by atoms with E-state index in [0.717, 1.165) is 11.2 Å². The standard InChI is InChI=1S/C9H4OS3/c10-4-5-3-7-6-1-2-11-8(6)13-9(7)12-5/h1-4H. The molecule has 0 amide bonds. The second-order valence-corrected chi connectivity index (χ2v) is 6.23. The van der Waals surface area contributed by atoms with Crippen LogP contribution in [0.15, 0.2) is 17.5 Å². The highest BCUT2D eigenvalue weighted by molar-refractivity contribution is 7.49. The summed E-state index contributed by atoms with van der Waals surface area (Å²) in [5.74, 6) is 0. The van der Waals surface area contributed by atoms with Gasteiger partial charge in [-0.15, -0.1) is 34.0 Å². The lowest BCUT2D eigenvalue weighted by molar-refractivity contribution is 0.112. The Bertz CT molecular complexity index is 584. The van der Waals surface area contributed by atoms with Crippen molar-refractivity contribution in [2.45, 2.75) is 0 Å². The van der Waals surface area contributed by atoms with Gasteiger partial charge in [-0.25, -0.2) is 0 Å². The highest BCUT2D eigenvalue weighted by Crippen LogP contribution is 2.41. The van der Waals surface area contributed by atoms with E-state index in [1.54, 1.807) is 34.0 Å². The Balaban J connectivity index is 2.52. The number of rotatable bonds is 1. The number of carbonyl (C=O) groups excluding carboxylic acids is 1. The highest BCUT2D eigenvalue weighted by Gasteiger charge is 2.09. The van der Waals surface area contributed by atoms with Crippen LogP contribution in [0.1, 0.15) is 9.67 Å². The molecule has 3 aromatic rings. The fourth-order valence-electron chi connectivity index (χ4n) is 1.37. The average molecular weight is 224 g/mol. The van der Waals surface area contributed by atoms with E-state index in [1.165, 1.54) is 18.8 Å². The summed E-state index contributed by atoms with van der Waals surface area (Å²) in [5, 5.41) is 4.64. The number of fused-ring (bicyclic) bond motifs is 3. The minimum absolute atomic E-state index is 0.828. The van der Waals surface area contributed by atoms with E-state index in [9.17, 15) is 4.79 Å². The van der Waals surface area contributed by atoms with Gasteiger partial charge in [-0.1, -0.05) is 0 Å². The van der Waals surface area contributed by atoms with Crippen molar-refractivity contribution in [3.8, 4) is 0 Å². The molecule has 1 nitrogen and oxygen atoms in total. The van der Waals surface area contributed by atoms with Gasteiger partial charge in [-0.05, 0) is 17.5 Å². The van der Waals surface area contributed by atoms with Crippen molar-refractivity contribution in [3.05, 3.63) is 22.4 Å². The molecule has 0 N–H and O–H groups in total. The van der Waals surface area contributed by atoms with Gasteiger partial charge in [0, 0.05) is 10.8 Å². The van der Waals surface area contributed by atoms with E-state index in [1.807, 2.05) is 6.07 Å². The maximum atomic E-state index is 10.6. The molecule has 0 fully saturated rings. The quantitative estimate of drug-likeness (QED) is 0.571. The normalized spacial score (nSPS) is 11.4. The predicted molar refractivity (Wildman–Crippen MR) is 60.5 cm³/mol. The molecule has 3 heterocycles. The number of hydrogen-bond donors (Lipinski definition) is 0. The van der Waals surface area contributed by atoms with Crippen LogP contribution in [0.25, 0.3) is 18.8 Å². The first kappa shape index (κ1) is 7.67. The zero-order chi connectivity index (χ0) is 8.84. The summed E-state index contributed by atoms with van der Waals surface area (Å²) in [6, 6.07) is 4.11. The fourth-order valence-corrected chi connectivity index (χ4v) is 4.93. The van der Waals surface area contributed by atoms with E-state index in [2.05, 4.69) is 11.4 Å². The van der Waals surface area contributed by atoms with Gasteiger partial charge in [-0.3, -0.25) is 4.79 Å². The van der Waals surface area contributed by atoms with E-state index < -0.39 is 0 Å². The monoisotopic (exact) mass is 224 g/mol. The first-order valence-corrected chi connectivity index (χ1v) is 6.24. The summed E-state index contributed by atoms with van der Waals surface area (Å²) in [6.07, 6.45) is 0.926. The van der Waals surface area contributed by atoms with Gasteiger partial charge in [0.15, 0.2) is 6.29 Å². The fraction of sp³-hybridized carbons (Fsp3) is 0. The van der Waals surface area contributed by atoms with E-state index >= 15 is 0 Å². The van der Waals surface area contributed by atoms with Crippen molar-refractivity contribution < 1.29 is 4.79 Å². The van der Waals surface area contributed by atoms with Crippen LogP contribution in [0.2, 0.25) is 0 Å². The first-order chi connectivity index (χ1) is 6.38.